The summed E-state index contributed by atoms with van der Waals surface area (Å²) in [7, 11) is 0. The predicted octanol–water partition coefficient (Wildman–Crippen LogP) is 4.70. The van der Waals surface area contributed by atoms with E-state index in [4.69, 9.17) is 22.1 Å². The van der Waals surface area contributed by atoms with Gasteiger partial charge in [0.05, 0.1) is 0 Å². The van der Waals surface area contributed by atoms with E-state index < -0.39 is 0 Å². The quantitative estimate of drug-likeness (QED) is 0.875. The fourth-order valence-electron chi connectivity index (χ4n) is 1.74. The Morgan fingerprint density at radius 2 is 2.00 bits per heavy atom. The normalized spacial score (nSPS) is 12.2. The van der Waals surface area contributed by atoms with Gasteiger partial charge in [-0.1, -0.05) is 51.8 Å². The van der Waals surface area contributed by atoms with E-state index in [-0.39, 0.29) is 6.04 Å². The Morgan fingerprint density at radius 3 is 2.63 bits per heavy atom. The summed E-state index contributed by atoms with van der Waals surface area (Å²) in [5, 5.41) is 0.639. The molecule has 100 valence electrons. The van der Waals surface area contributed by atoms with Crippen molar-refractivity contribution in [3.8, 4) is 5.75 Å². The highest BCUT2D eigenvalue weighted by atomic mass is 79.9. The summed E-state index contributed by atoms with van der Waals surface area (Å²) in [4.78, 5) is 0. The summed E-state index contributed by atoms with van der Waals surface area (Å²) in [6.45, 7) is 2.40. The molecule has 2 N–H and O–H groups in total. The van der Waals surface area contributed by atoms with Gasteiger partial charge in [-0.15, -0.1) is 0 Å². The lowest BCUT2D eigenvalue weighted by Gasteiger charge is -2.12. The highest BCUT2D eigenvalue weighted by Gasteiger charge is 2.07. The van der Waals surface area contributed by atoms with Crippen molar-refractivity contribution in [2.45, 2.75) is 19.6 Å². The standard InChI is InChI=1S/C15H15BrClNO/c1-10(18)13-7-6-12(8-15(13)17)19-9-11-4-2-3-5-14(11)16/h2-8,10H,9,18H2,1H3. The largest absolute Gasteiger partial charge is 0.489 e. The molecule has 0 fully saturated rings. The van der Waals surface area contributed by atoms with Gasteiger partial charge in [0, 0.05) is 21.1 Å². The highest BCUT2D eigenvalue weighted by Crippen LogP contribution is 2.27. The maximum Gasteiger partial charge on any atom is 0.121 e. The van der Waals surface area contributed by atoms with E-state index in [0.717, 1.165) is 21.3 Å². The lowest BCUT2D eigenvalue weighted by atomic mass is 10.1. The van der Waals surface area contributed by atoms with Crippen LogP contribution in [0.2, 0.25) is 5.02 Å². The minimum Gasteiger partial charge on any atom is -0.489 e. The SMILES string of the molecule is CC(N)c1ccc(OCc2ccccc2Br)cc1Cl. The molecule has 0 aliphatic rings. The van der Waals surface area contributed by atoms with Crippen molar-refractivity contribution < 1.29 is 4.74 Å². The second-order valence-electron chi connectivity index (χ2n) is 4.35. The van der Waals surface area contributed by atoms with Crippen molar-refractivity contribution in [3.63, 3.8) is 0 Å². The molecule has 2 aromatic carbocycles. The molecule has 0 aliphatic carbocycles. The number of rotatable bonds is 4. The van der Waals surface area contributed by atoms with Crippen LogP contribution in [-0.2, 0) is 6.61 Å². The second-order valence-corrected chi connectivity index (χ2v) is 5.61. The summed E-state index contributed by atoms with van der Waals surface area (Å²) in [5.74, 6) is 0.741. The molecule has 1 unspecified atom stereocenters. The van der Waals surface area contributed by atoms with Crippen LogP contribution in [0.15, 0.2) is 46.9 Å². The number of nitrogens with two attached hydrogens (primary N) is 1. The first-order chi connectivity index (χ1) is 9.08. The fourth-order valence-corrected chi connectivity index (χ4v) is 2.49. The topological polar surface area (TPSA) is 35.2 Å². The highest BCUT2D eigenvalue weighted by molar-refractivity contribution is 9.10. The molecule has 0 bridgehead atoms. The molecular formula is C15H15BrClNO. The molecular weight excluding hydrogens is 326 g/mol. The Labute approximate surface area is 126 Å². The Hall–Kier alpha value is -1.03. The van der Waals surface area contributed by atoms with Gasteiger partial charge >= 0.3 is 0 Å². The van der Waals surface area contributed by atoms with Crippen LogP contribution in [0, 0.1) is 0 Å². The summed E-state index contributed by atoms with van der Waals surface area (Å²) in [5.41, 5.74) is 7.84. The average Bonchev–Trinajstić information content (AvgIpc) is 2.37. The van der Waals surface area contributed by atoms with Gasteiger partial charge in [-0.25, -0.2) is 0 Å². The van der Waals surface area contributed by atoms with Crippen LogP contribution >= 0.6 is 27.5 Å². The van der Waals surface area contributed by atoms with Crippen molar-refractivity contribution in [1.82, 2.24) is 0 Å². The molecule has 2 nitrogen and oxygen atoms in total. The van der Waals surface area contributed by atoms with E-state index in [0.29, 0.717) is 11.6 Å². The maximum atomic E-state index is 6.17. The number of halogens is 2. The molecule has 0 saturated heterocycles. The van der Waals surface area contributed by atoms with E-state index in [9.17, 15) is 0 Å². The summed E-state index contributed by atoms with van der Waals surface area (Å²) < 4.78 is 6.77. The molecule has 0 aromatic heterocycles. The number of benzene rings is 2. The van der Waals surface area contributed by atoms with Gasteiger partial charge in [-0.3, -0.25) is 0 Å². The van der Waals surface area contributed by atoms with Crippen molar-refractivity contribution in [2.24, 2.45) is 5.73 Å². The Morgan fingerprint density at radius 1 is 1.26 bits per heavy atom. The smallest absolute Gasteiger partial charge is 0.121 e. The van der Waals surface area contributed by atoms with Crippen LogP contribution in [0.3, 0.4) is 0 Å². The third-order valence-electron chi connectivity index (χ3n) is 2.81. The van der Waals surface area contributed by atoms with Gasteiger partial charge in [0.1, 0.15) is 12.4 Å². The van der Waals surface area contributed by atoms with E-state index >= 15 is 0 Å². The molecule has 0 heterocycles. The monoisotopic (exact) mass is 339 g/mol. The van der Waals surface area contributed by atoms with Gasteiger partial charge in [0.2, 0.25) is 0 Å². The number of hydrogen-bond donors (Lipinski definition) is 1. The number of hydrogen-bond acceptors (Lipinski definition) is 2. The lowest BCUT2D eigenvalue weighted by molar-refractivity contribution is 0.305. The minimum absolute atomic E-state index is 0.0789. The van der Waals surface area contributed by atoms with Crippen LogP contribution < -0.4 is 10.5 Å². The van der Waals surface area contributed by atoms with E-state index in [1.54, 1.807) is 6.07 Å². The van der Waals surface area contributed by atoms with E-state index in [1.807, 2.05) is 43.3 Å². The van der Waals surface area contributed by atoms with Gasteiger partial charge < -0.3 is 10.5 Å². The van der Waals surface area contributed by atoms with Gasteiger partial charge in [0.15, 0.2) is 0 Å². The molecule has 0 spiro atoms. The van der Waals surface area contributed by atoms with Crippen molar-refractivity contribution in [1.29, 1.82) is 0 Å². The Balaban J connectivity index is 2.08. The third kappa shape index (κ3) is 3.72. The molecule has 2 rings (SSSR count). The van der Waals surface area contributed by atoms with Crippen LogP contribution in [0.4, 0.5) is 0 Å². The molecule has 0 radical (unpaired) electrons. The molecule has 0 saturated carbocycles. The zero-order valence-corrected chi connectivity index (χ0v) is 12.9. The molecule has 0 aliphatic heterocycles. The fraction of sp³-hybridized carbons (Fsp3) is 0.200. The van der Waals surface area contributed by atoms with E-state index in [2.05, 4.69) is 15.9 Å². The zero-order chi connectivity index (χ0) is 13.8. The summed E-state index contributed by atoms with van der Waals surface area (Å²) in [6, 6.07) is 13.5. The predicted molar refractivity (Wildman–Crippen MR) is 82.5 cm³/mol. The first-order valence-corrected chi connectivity index (χ1v) is 7.16. The summed E-state index contributed by atoms with van der Waals surface area (Å²) >= 11 is 9.66. The van der Waals surface area contributed by atoms with Crippen LogP contribution in [0.5, 0.6) is 5.75 Å². The van der Waals surface area contributed by atoms with Crippen molar-refractivity contribution in [2.75, 3.05) is 0 Å². The Bertz CT molecular complexity index is 572. The summed E-state index contributed by atoms with van der Waals surface area (Å²) in [6.07, 6.45) is 0. The first-order valence-electron chi connectivity index (χ1n) is 5.99. The van der Waals surface area contributed by atoms with Gasteiger partial charge in [-0.2, -0.15) is 0 Å². The Kier molecular flexibility index (Phi) is 4.86. The van der Waals surface area contributed by atoms with Crippen LogP contribution in [0.1, 0.15) is 24.1 Å². The average molecular weight is 341 g/mol. The van der Waals surface area contributed by atoms with Crippen molar-refractivity contribution in [3.05, 3.63) is 63.1 Å². The van der Waals surface area contributed by atoms with Crippen molar-refractivity contribution >= 4 is 27.5 Å². The molecule has 0 amide bonds. The maximum absolute atomic E-state index is 6.17. The molecule has 19 heavy (non-hydrogen) atoms. The first kappa shape index (κ1) is 14.4. The lowest BCUT2D eigenvalue weighted by Crippen LogP contribution is -2.05. The minimum atomic E-state index is -0.0789. The second kappa shape index (κ2) is 6.42. The van der Waals surface area contributed by atoms with Gasteiger partial charge in [0.25, 0.3) is 0 Å². The number of ether oxygens (including phenoxy) is 1. The van der Waals surface area contributed by atoms with Gasteiger partial charge in [-0.05, 0) is 30.7 Å². The third-order valence-corrected chi connectivity index (χ3v) is 3.92. The van der Waals surface area contributed by atoms with Crippen LogP contribution in [0.25, 0.3) is 0 Å². The zero-order valence-electron chi connectivity index (χ0n) is 10.6. The van der Waals surface area contributed by atoms with E-state index in [1.165, 1.54) is 0 Å². The molecule has 1 atom stereocenters. The molecule has 2 aromatic rings. The molecule has 4 heteroatoms. The van der Waals surface area contributed by atoms with Crippen LogP contribution in [-0.4, -0.2) is 0 Å².